The van der Waals surface area contributed by atoms with Crippen LogP contribution in [0.3, 0.4) is 0 Å². The molecule has 0 bridgehead atoms. The Labute approximate surface area is 452 Å². The molecule has 0 radical (unpaired) electrons. The zero-order chi connectivity index (χ0) is 59.0. The number of carboxylic acids is 1. The maximum absolute atomic E-state index is 14.1. The Bertz CT molecular complexity index is 2350. The van der Waals surface area contributed by atoms with E-state index in [1.165, 1.54) is 57.6 Å². The van der Waals surface area contributed by atoms with Gasteiger partial charge in [0.25, 0.3) is 0 Å². The van der Waals surface area contributed by atoms with Gasteiger partial charge < -0.3 is 85.8 Å². The lowest BCUT2D eigenvalue weighted by Gasteiger charge is -2.30. The summed E-state index contributed by atoms with van der Waals surface area (Å²) in [5.41, 5.74) is 23.0. The zero-order valence-electron chi connectivity index (χ0n) is 45.1. The van der Waals surface area contributed by atoms with Crippen molar-refractivity contribution < 1.29 is 68.1 Å². The summed E-state index contributed by atoms with van der Waals surface area (Å²) >= 11 is 0. The number of aromatic amines is 1. The number of nitrogens with two attached hydrogens (primary N) is 4. The number of phenols is 1. The van der Waals surface area contributed by atoms with E-state index in [-0.39, 0.29) is 62.7 Å². The molecule has 0 aliphatic rings. The van der Waals surface area contributed by atoms with Gasteiger partial charge in [0.2, 0.25) is 59.1 Å². The number of carbonyl (C=O) groups excluding carboxylic acids is 10. The number of amides is 10. The van der Waals surface area contributed by atoms with E-state index < -0.39 is 144 Å². The average molecular weight is 1100 g/mol. The van der Waals surface area contributed by atoms with Crippen LogP contribution in [-0.4, -0.2) is 157 Å². The number of carboxylic acid groups (broad SMARTS) is 1. The number of carbonyl (C=O) groups is 11. The van der Waals surface area contributed by atoms with Crippen molar-refractivity contribution in [2.75, 3.05) is 6.54 Å². The molecule has 0 fully saturated rings. The quantitative estimate of drug-likeness (QED) is 0.0294. The Morgan fingerprint density at radius 3 is 1.53 bits per heavy atom. The van der Waals surface area contributed by atoms with E-state index in [0.29, 0.717) is 17.7 Å². The number of imidazole rings is 1. The number of primary amides is 2. The van der Waals surface area contributed by atoms with E-state index >= 15 is 0 Å². The molecule has 78 heavy (non-hydrogen) atoms. The number of hydrogen-bond donors (Lipinski definition) is 16. The molecule has 434 valence electrons. The second kappa shape index (κ2) is 32.8. The zero-order valence-corrected chi connectivity index (χ0v) is 45.1. The number of hydrogen-bond acceptors (Lipinski definition) is 16. The normalized spacial score (nSPS) is 15.1. The van der Waals surface area contributed by atoms with Gasteiger partial charge in [0.15, 0.2) is 0 Å². The van der Waals surface area contributed by atoms with Crippen molar-refractivity contribution in [3.05, 3.63) is 48.0 Å². The van der Waals surface area contributed by atoms with Crippen LogP contribution < -0.4 is 65.5 Å². The number of H-pyrrole nitrogens is 1. The van der Waals surface area contributed by atoms with Crippen molar-refractivity contribution in [3.63, 3.8) is 0 Å². The number of nitrogens with one attached hydrogen (secondary N) is 9. The maximum Gasteiger partial charge on any atom is 0.326 e. The third-order valence-electron chi connectivity index (χ3n) is 12.0. The summed E-state index contributed by atoms with van der Waals surface area (Å²) in [6.45, 7) is 11.4. The van der Waals surface area contributed by atoms with Crippen LogP contribution in [0.15, 0.2) is 36.8 Å². The number of nitrogens with zero attached hydrogens (tertiary/aromatic N) is 1. The van der Waals surface area contributed by atoms with Gasteiger partial charge in [-0.2, -0.15) is 0 Å². The van der Waals surface area contributed by atoms with E-state index in [0.717, 1.165) is 0 Å². The predicted octanol–water partition coefficient (Wildman–Crippen LogP) is -3.80. The molecule has 1 aromatic carbocycles. The number of aliphatic carboxylic acids is 1. The highest BCUT2D eigenvalue weighted by atomic mass is 16.4. The summed E-state index contributed by atoms with van der Waals surface area (Å²) in [5.74, 6) is -12.1. The molecule has 1 heterocycles. The Balaban J connectivity index is 2.42. The van der Waals surface area contributed by atoms with Gasteiger partial charge in [-0.1, -0.05) is 53.7 Å². The SMILES string of the molecule is CC(C)C[C@H](NC(=O)[C@H](Cc1ccc(O)cc1)NC(=O)[C@H](CCCCN)NC(=O)[C@@H](NC(=O)[C@@H](NC(=O)[C@H](CC(N)=O)NC(=O)[C@H](Cc1cnc[nH]1)NC(=O)[C@H](CC(C)C)NC(=O)[C@@H](N)CC(N)=O)C(C)C)[C@@H](C)O)C(=O)O. The summed E-state index contributed by atoms with van der Waals surface area (Å²) in [6.07, 6.45) is -0.0316. The standard InChI is InChI=1S/C50H80N14O14/c1-24(2)16-33(58-42(69)31(52)20-38(53)67)44(71)60-35(19-29-22-55-23-56-29)46(73)61-36(21-39(54)68)47(74)63-40(26(5)6)48(75)64-41(27(7)65)49(76)57-32(10-8-9-15-51)43(70)59-34(18-28-11-13-30(66)14-12-28)45(72)62-37(50(77)78)17-25(3)4/h11-14,22-27,31-37,40-41,65-66H,8-10,15-21,51-52H2,1-7H3,(H2,53,67)(H2,54,68)(H,55,56)(H,57,76)(H,58,69)(H,59,70)(H,60,71)(H,61,73)(H,62,72)(H,63,74)(H,64,75)(H,77,78)/t27-,31+,32+,33+,34+,35+,36+,37+,40+,41+/m1/s1. The van der Waals surface area contributed by atoms with Gasteiger partial charge in [0.1, 0.15) is 54.1 Å². The fourth-order valence-corrected chi connectivity index (χ4v) is 7.85. The monoisotopic (exact) mass is 1100 g/mol. The molecule has 10 amide bonds. The van der Waals surface area contributed by atoms with E-state index in [9.17, 15) is 68.1 Å². The molecule has 28 heteroatoms. The van der Waals surface area contributed by atoms with Crippen molar-refractivity contribution in [3.8, 4) is 5.75 Å². The summed E-state index contributed by atoms with van der Waals surface area (Å²) < 4.78 is 0. The Kier molecular flexibility index (Phi) is 27.9. The summed E-state index contributed by atoms with van der Waals surface area (Å²) in [4.78, 5) is 153. The van der Waals surface area contributed by atoms with Gasteiger partial charge in [0, 0.05) is 24.7 Å². The number of benzene rings is 1. The largest absolute Gasteiger partial charge is 0.508 e. The van der Waals surface area contributed by atoms with Crippen LogP contribution >= 0.6 is 0 Å². The minimum absolute atomic E-state index is 0.0487. The second-order valence-electron chi connectivity index (χ2n) is 20.3. The third-order valence-corrected chi connectivity index (χ3v) is 12.0. The van der Waals surface area contributed by atoms with Gasteiger partial charge >= 0.3 is 5.97 Å². The fourth-order valence-electron chi connectivity index (χ4n) is 7.85. The Hall–Kier alpha value is -7.72. The number of phenolic OH excluding ortho intramolecular Hbond substituents is 1. The van der Waals surface area contributed by atoms with Crippen LogP contribution in [0.4, 0.5) is 0 Å². The predicted molar refractivity (Wildman–Crippen MR) is 281 cm³/mol. The number of aromatic nitrogens is 2. The number of unbranched alkanes of at least 4 members (excludes halogenated alkanes) is 1. The molecule has 0 saturated heterocycles. The lowest BCUT2D eigenvalue weighted by Crippen LogP contribution is -2.63. The van der Waals surface area contributed by atoms with Gasteiger partial charge in [-0.25, -0.2) is 9.78 Å². The first-order valence-corrected chi connectivity index (χ1v) is 25.6. The van der Waals surface area contributed by atoms with Gasteiger partial charge in [0.05, 0.1) is 31.3 Å². The van der Waals surface area contributed by atoms with Gasteiger partial charge in [-0.15, -0.1) is 0 Å². The first kappa shape index (κ1) is 66.4. The molecule has 0 aliphatic carbocycles. The molecule has 2 aromatic rings. The van der Waals surface area contributed by atoms with Crippen LogP contribution in [-0.2, 0) is 65.6 Å². The molecule has 20 N–H and O–H groups in total. The minimum Gasteiger partial charge on any atom is -0.508 e. The molecular formula is C50H80N14O14. The first-order chi connectivity index (χ1) is 36.5. The molecule has 0 unspecified atom stereocenters. The van der Waals surface area contributed by atoms with E-state index in [1.54, 1.807) is 27.7 Å². The Morgan fingerprint density at radius 2 is 1.03 bits per heavy atom. The molecule has 1 aromatic heterocycles. The van der Waals surface area contributed by atoms with Crippen molar-refractivity contribution in [1.29, 1.82) is 0 Å². The Morgan fingerprint density at radius 1 is 0.564 bits per heavy atom. The van der Waals surface area contributed by atoms with Gasteiger partial charge in [-0.05, 0) is 81.0 Å². The number of rotatable bonds is 35. The van der Waals surface area contributed by atoms with Crippen LogP contribution in [0.5, 0.6) is 5.75 Å². The molecule has 0 aliphatic heterocycles. The third kappa shape index (κ3) is 23.7. The lowest BCUT2D eigenvalue weighted by molar-refractivity contribution is -0.143. The molecule has 10 atom stereocenters. The first-order valence-electron chi connectivity index (χ1n) is 25.6. The smallest absolute Gasteiger partial charge is 0.326 e. The van der Waals surface area contributed by atoms with Gasteiger partial charge in [-0.3, -0.25) is 47.9 Å². The second-order valence-corrected chi connectivity index (χ2v) is 20.3. The topological polar surface area (TPSA) is 477 Å². The molecular weight excluding hydrogens is 1020 g/mol. The highest BCUT2D eigenvalue weighted by molar-refractivity contribution is 5.99. The lowest BCUT2D eigenvalue weighted by atomic mass is 10.00. The highest BCUT2D eigenvalue weighted by Gasteiger charge is 2.37. The summed E-state index contributed by atoms with van der Waals surface area (Å²) in [6, 6.07) is -7.72. The maximum atomic E-state index is 14.1. The molecule has 0 spiro atoms. The average Bonchev–Trinajstić information content (AvgIpc) is 3.86. The number of aliphatic hydroxyl groups is 1. The number of aliphatic hydroxyl groups excluding tert-OH is 1. The molecule has 0 saturated carbocycles. The van der Waals surface area contributed by atoms with Crippen LogP contribution in [0.2, 0.25) is 0 Å². The van der Waals surface area contributed by atoms with E-state index in [4.69, 9.17) is 22.9 Å². The summed E-state index contributed by atoms with van der Waals surface area (Å²) in [7, 11) is 0. The van der Waals surface area contributed by atoms with Crippen LogP contribution in [0.1, 0.15) is 105 Å². The molecule has 2 rings (SSSR count). The molecule has 28 nitrogen and oxygen atoms in total. The van der Waals surface area contributed by atoms with E-state index in [2.05, 4.69) is 52.5 Å². The minimum atomic E-state index is -1.79. The van der Waals surface area contributed by atoms with Crippen LogP contribution in [0.25, 0.3) is 0 Å². The van der Waals surface area contributed by atoms with Crippen molar-refractivity contribution in [2.45, 2.75) is 167 Å². The van der Waals surface area contributed by atoms with Crippen molar-refractivity contribution in [2.24, 2.45) is 40.7 Å². The highest BCUT2D eigenvalue weighted by Crippen LogP contribution is 2.15. The number of aromatic hydroxyl groups is 1. The van der Waals surface area contributed by atoms with Crippen molar-refractivity contribution in [1.82, 2.24) is 52.5 Å². The van der Waals surface area contributed by atoms with Crippen molar-refractivity contribution >= 4 is 65.0 Å². The fraction of sp³-hybridized carbons (Fsp3) is 0.600. The van der Waals surface area contributed by atoms with Crippen LogP contribution in [0, 0.1) is 17.8 Å². The summed E-state index contributed by atoms with van der Waals surface area (Å²) in [5, 5.41) is 50.4. The van der Waals surface area contributed by atoms with E-state index in [1.807, 2.05) is 0 Å².